The average Bonchev–Trinajstić information content (AvgIpc) is 2.68. The van der Waals surface area contributed by atoms with Crippen LogP contribution in [0.2, 0.25) is 5.02 Å². The third-order valence-electron chi connectivity index (χ3n) is 4.33. The minimum atomic E-state index is -0.235. The number of halogens is 2. The van der Waals surface area contributed by atoms with Crippen LogP contribution in [-0.4, -0.2) is 7.11 Å². The summed E-state index contributed by atoms with van der Waals surface area (Å²) >= 11 is 6.45. The molecule has 3 nitrogen and oxygen atoms in total. The maximum atomic E-state index is 13.0. The summed E-state index contributed by atoms with van der Waals surface area (Å²) in [5.41, 5.74) is 4.24. The monoisotopic (exact) mass is 399 g/mol. The summed E-state index contributed by atoms with van der Waals surface area (Å²) in [4.78, 5) is 0. The van der Waals surface area contributed by atoms with Crippen molar-refractivity contribution in [3.05, 3.63) is 93.8 Å². The average molecular weight is 400 g/mol. The third-order valence-corrected chi connectivity index (χ3v) is 4.61. The molecule has 0 aliphatic heterocycles. The van der Waals surface area contributed by atoms with E-state index in [0.717, 1.165) is 16.7 Å². The maximum absolute atomic E-state index is 13.0. The van der Waals surface area contributed by atoms with E-state index in [2.05, 4.69) is 11.4 Å². The predicted octanol–water partition coefficient (Wildman–Crippen LogP) is 5.66. The molecule has 0 unspecified atom stereocenters. The van der Waals surface area contributed by atoms with Crippen LogP contribution in [0.5, 0.6) is 11.5 Å². The largest absolute Gasteiger partial charge is 0.493 e. The lowest BCUT2D eigenvalue weighted by molar-refractivity contribution is 0.284. The summed E-state index contributed by atoms with van der Waals surface area (Å²) in [7, 11) is 1.60. The zero-order valence-electron chi connectivity index (χ0n) is 16.0. The van der Waals surface area contributed by atoms with Crippen molar-refractivity contribution in [3.63, 3.8) is 0 Å². The van der Waals surface area contributed by atoms with Crippen molar-refractivity contribution < 1.29 is 13.9 Å². The first-order valence-electron chi connectivity index (χ1n) is 9.05. The quantitative estimate of drug-likeness (QED) is 0.529. The molecule has 0 bridgehead atoms. The summed E-state index contributed by atoms with van der Waals surface area (Å²) in [5.74, 6) is 0.896. The lowest BCUT2D eigenvalue weighted by atomic mass is 10.1. The Labute approximate surface area is 170 Å². The number of hydrogen-bond acceptors (Lipinski definition) is 3. The van der Waals surface area contributed by atoms with Crippen LogP contribution in [0.1, 0.15) is 22.3 Å². The number of nitrogens with one attached hydrogen (secondary N) is 1. The van der Waals surface area contributed by atoms with Crippen LogP contribution in [0.15, 0.2) is 60.7 Å². The summed E-state index contributed by atoms with van der Waals surface area (Å²) in [6, 6.07) is 18.4. The van der Waals surface area contributed by atoms with Gasteiger partial charge in [0.25, 0.3) is 0 Å². The minimum Gasteiger partial charge on any atom is -0.493 e. The van der Waals surface area contributed by atoms with Gasteiger partial charge in [-0.3, -0.25) is 0 Å². The Bertz CT molecular complexity index is 928. The Hall–Kier alpha value is -2.56. The Kier molecular flexibility index (Phi) is 6.90. The SMILES string of the molecule is COc1cc(CNCc2ccc(F)cc2)cc(Cl)c1OCc1cccc(C)c1. The molecule has 0 aliphatic rings. The molecule has 0 fully saturated rings. The van der Waals surface area contributed by atoms with E-state index in [0.29, 0.717) is 36.2 Å². The fraction of sp³-hybridized carbons (Fsp3) is 0.217. The van der Waals surface area contributed by atoms with Gasteiger partial charge in [-0.15, -0.1) is 0 Å². The lowest BCUT2D eigenvalue weighted by Crippen LogP contribution is -2.13. The van der Waals surface area contributed by atoms with Crippen LogP contribution in [0, 0.1) is 12.7 Å². The molecule has 0 saturated carbocycles. The zero-order chi connectivity index (χ0) is 19.9. The second-order valence-corrected chi connectivity index (χ2v) is 7.02. The fourth-order valence-electron chi connectivity index (χ4n) is 2.93. The molecule has 0 radical (unpaired) electrons. The topological polar surface area (TPSA) is 30.5 Å². The van der Waals surface area contributed by atoms with Crippen LogP contribution in [-0.2, 0) is 19.7 Å². The number of aryl methyl sites for hydroxylation is 1. The van der Waals surface area contributed by atoms with Gasteiger partial charge in [-0.05, 0) is 47.9 Å². The lowest BCUT2D eigenvalue weighted by Gasteiger charge is -2.15. The molecular weight excluding hydrogens is 377 g/mol. The van der Waals surface area contributed by atoms with Gasteiger partial charge < -0.3 is 14.8 Å². The van der Waals surface area contributed by atoms with Gasteiger partial charge in [0.15, 0.2) is 11.5 Å². The molecule has 1 N–H and O–H groups in total. The summed E-state index contributed by atoms with van der Waals surface area (Å²) < 4.78 is 24.4. The number of hydrogen-bond donors (Lipinski definition) is 1. The molecule has 3 aromatic rings. The highest BCUT2D eigenvalue weighted by molar-refractivity contribution is 6.32. The Balaban J connectivity index is 1.64. The highest BCUT2D eigenvalue weighted by Crippen LogP contribution is 2.37. The van der Waals surface area contributed by atoms with Crippen LogP contribution < -0.4 is 14.8 Å². The van der Waals surface area contributed by atoms with E-state index in [1.54, 1.807) is 19.2 Å². The Morgan fingerprint density at radius 3 is 2.39 bits per heavy atom. The fourth-order valence-corrected chi connectivity index (χ4v) is 3.21. The zero-order valence-corrected chi connectivity index (χ0v) is 16.7. The number of benzene rings is 3. The smallest absolute Gasteiger partial charge is 0.180 e. The molecule has 0 heterocycles. The summed E-state index contributed by atoms with van der Waals surface area (Å²) in [6.07, 6.45) is 0. The van der Waals surface area contributed by atoms with Crippen molar-refractivity contribution in [3.8, 4) is 11.5 Å². The maximum Gasteiger partial charge on any atom is 0.180 e. The van der Waals surface area contributed by atoms with Gasteiger partial charge >= 0.3 is 0 Å². The number of rotatable bonds is 8. The highest BCUT2D eigenvalue weighted by Gasteiger charge is 2.12. The first-order valence-corrected chi connectivity index (χ1v) is 9.43. The molecule has 0 spiro atoms. The first kappa shape index (κ1) is 20.2. The van der Waals surface area contributed by atoms with E-state index in [9.17, 15) is 4.39 Å². The molecule has 0 aliphatic carbocycles. The van der Waals surface area contributed by atoms with Gasteiger partial charge in [0.2, 0.25) is 0 Å². The van der Waals surface area contributed by atoms with E-state index in [-0.39, 0.29) is 5.82 Å². The molecule has 3 rings (SSSR count). The Morgan fingerprint density at radius 1 is 0.929 bits per heavy atom. The van der Waals surface area contributed by atoms with Crippen LogP contribution in [0.25, 0.3) is 0 Å². The minimum absolute atomic E-state index is 0.235. The first-order chi connectivity index (χ1) is 13.5. The van der Waals surface area contributed by atoms with Crippen molar-refractivity contribution in [1.82, 2.24) is 5.32 Å². The van der Waals surface area contributed by atoms with Crippen molar-refractivity contribution in [2.45, 2.75) is 26.6 Å². The molecular formula is C23H23ClFNO2. The molecule has 0 aromatic heterocycles. The van der Waals surface area contributed by atoms with E-state index in [1.165, 1.54) is 17.7 Å². The van der Waals surface area contributed by atoms with Crippen LogP contribution in [0.4, 0.5) is 4.39 Å². The van der Waals surface area contributed by atoms with Crippen molar-refractivity contribution in [1.29, 1.82) is 0 Å². The molecule has 0 atom stereocenters. The van der Waals surface area contributed by atoms with Crippen molar-refractivity contribution in [2.75, 3.05) is 7.11 Å². The number of ether oxygens (including phenoxy) is 2. The van der Waals surface area contributed by atoms with Gasteiger partial charge in [-0.25, -0.2) is 4.39 Å². The second-order valence-electron chi connectivity index (χ2n) is 6.62. The molecule has 146 valence electrons. The van der Waals surface area contributed by atoms with Gasteiger partial charge in [0, 0.05) is 13.1 Å². The standard InChI is InChI=1S/C23H23ClFNO2/c1-16-4-3-5-18(10-16)15-28-23-21(24)11-19(12-22(23)27-2)14-26-13-17-6-8-20(25)9-7-17/h3-12,26H,13-15H2,1-2H3. The van der Waals surface area contributed by atoms with E-state index < -0.39 is 0 Å². The second kappa shape index (κ2) is 9.58. The van der Waals surface area contributed by atoms with E-state index in [4.69, 9.17) is 21.1 Å². The van der Waals surface area contributed by atoms with E-state index in [1.807, 2.05) is 37.3 Å². The van der Waals surface area contributed by atoms with Crippen LogP contribution >= 0.6 is 11.6 Å². The van der Waals surface area contributed by atoms with Gasteiger partial charge in [0.05, 0.1) is 12.1 Å². The van der Waals surface area contributed by atoms with Crippen LogP contribution in [0.3, 0.4) is 0 Å². The molecule has 0 amide bonds. The molecule has 28 heavy (non-hydrogen) atoms. The number of methoxy groups -OCH3 is 1. The van der Waals surface area contributed by atoms with E-state index >= 15 is 0 Å². The predicted molar refractivity (Wildman–Crippen MR) is 110 cm³/mol. The normalized spacial score (nSPS) is 10.7. The summed E-state index contributed by atoms with van der Waals surface area (Å²) in [6.45, 7) is 3.70. The molecule has 0 saturated heterocycles. The molecule has 3 aromatic carbocycles. The van der Waals surface area contributed by atoms with Crippen molar-refractivity contribution >= 4 is 11.6 Å². The van der Waals surface area contributed by atoms with Crippen molar-refractivity contribution in [2.24, 2.45) is 0 Å². The Morgan fingerprint density at radius 2 is 1.68 bits per heavy atom. The molecule has 5 heteroatoms. The van der Waals surface area contributed by atoms with Gasteiger partial charge in [-0.2, -0.15) is 0 Å². The summed E-state index contributed by atoms with van der Waals surface area (Å²) in [5, 5.41) is 3.83. The highest BCUT2D eigenvalue weighted by atomic mass is 35.5. The van der Waals surface area contributed by atoms with Gasteiger partial charge in [-0.1, -0.05) is 53.6 Å². The third kappa shape index (κ3) is 5.47. The van der Waals surface area contributed by atoms with Gasteiger partial charge in [0.1, 0.15) is 12.4 Å².